The van der Waals surface area contributed by atoms with Gasteiger partial charge in [0.05, 0.1) is 28.8 Å². The van der Waals surface area contributed by atoms with Crippen LogP contribution in [0.3, 0.4) is 0 Å². The zero-order valence-corrected chi connectivity index (χ0v) is 20.7. The summed E-state index contributed by atoms with van der Waals surface area (Å²) in [5, 5.41) is 12.0. The van der Waals surface area contributed by atoms with Crippen LogP contribution in [-0.2, 0) is 9.59 Å². The number of aromatic carboxylic acids is 1. The molecular formula is C24H20Br2N2O5. The van der Waals surface area contributed by atoms with Crippen molar-refractivity contribution in [3.63, 3.8) is 0 Å². The third-order valence-electron chi connectivity index (χ3n) is 7.03. The summed E-state index contributed by atoms with van der Waals surface area (Å²) in [6.07, 6.45) is 0.864. The number of hydrogen-bond donors (Lipinski definition) is 2. The molecule has 1 aliphatic heterocycles. The Kier molecular flexibility index (Phi) is 5.44. The first-order valence-electron chi connectivity index (χ1n) is 10.6. The van der Waals surface area contributed by atoms with Gasteiger partial charge in [-0.3, -0.25) is 19.3 Å². The summed E-state index contributed by atoms with van der Waals surface area (Å²) in [7, 11) is 0. The maximum Gasteiger partial charge on any atom is 0.337 e. The van der Waals surface area contributed by atoms with Crippen LogP contribution in [0.15, 0.2) is 42.5 Å². The number of anilines is 2. The van der Waals surface area contributed by atoms with Crippen LogP contribution in [0, 0.1) is 30.6 Å². The van der Waals surface area contributed by atoms with Crippen LogP contribution < -0.4 is 10.2 Å². The molecule has 0 unspecified atom stereocenters. The number of carbonyl (C=O) groups is 4. The molecule has 6 atom stereocenters. The minimum absolute atomic E-state index is 0.00445. The molecule has 9 heteroatoms. The summed E-state index contributed by atoms with van der Waals surface area (Å²) in [6.45, 7) is 1.80. The quantitative estimate of drug-likeness (QED) is 0.419. The van der Waals surface area contributed by atoms with E-state index in [9.17, 15) is 24.3 Å². The van der Waals surface area contributed by atoms with Crippen molar-refractivity contribution < 1.29 is 24.3 Å². The first-order chi connectivity index (χ1) is 15.7. The van der Waals surface area contributed by atoms with Crippen molar-refractivity contribution in [3.8, 4) is 0 Å². The number of aryl methyl sites for hydroxylation is 1. The highest BCUT2D eigenvalue weighted by Gasteiger charge is 2.66. The number of hydrogen-bond acceptors (Lipinski definition) is 4. The Labute approximate surface area is 206 Å². The van der Waals surface area contributed by atoms with E-state index in [1.54, 1.807) is 31.2 Å². The molecule has 7 nitrogen and oxygen atoms in total. The molecule has 1 heterocycles. The van der Waals surface area contributed by atoms with E-state index in [-0.39, 0.29) is 62.0 Å². The number of halogens is 2. The number of carbonyl (C=O) groups excluding carboxylic acids is 3. The summed E-state index contributed by atoms with van der Waals surface area (Å²) in [5.74, 6) is -2.31. The Morgan fingerprint density at radius 3 is 2.09 bits per heavy atom. The topological polar surface area (TPSA) is 104 Å². The average Bonchev–Trinajstić information content (AvgIpc) is 3.38. The molecule has 2 aromatic rings. The van der Waals surface area contributed by atoms with Crippen LogP contribution in [0.5, 0.6) is 0 Å². The largest absolute Gasteiger partial charge is 0.478 e. The molecule has 1 saturated heterocycles. The highest BCUT2D eigenvalue weighted by molar-refractivity contribution is 9.12. The van der Waals surface area contributed by atoms with Crippen LogP contribution in [0.2, 0.25) is 0 Å². The molecule has 5 rings (SSSR count). The fraction of sp³-hybridized carbons (Fsp3) is 0.333. The molecule has 0 spiro atoms. The number of amides is 3. The van der Waals surface area contributed by atoms with Gasteiger partial charge in [0, 0.05) is 15.2 Å². The molecule has 0 aromatic heterocycles. The van der Waals surface area contributed by atoms with Crippen molar-refractivity contribution in [1.82, 2.24) is 0 Å². The van der Waals surface area contributed by atoms with Crippen molar-refractivity contribution in [1.29, 1.82) is 0 Å². The van der Waals surface area contributed by atoms with Crippen molar-refractivity contribution >= 4 is 66.9 Å². The lowest BCUT2D eigenvalue weighted by Crippen LogP contribution is -2.37. The van der Waals surface area contributed by atoms with E-state index in [1.165, 1.54) is 23.1 Å². The molecule has 0 radical (unpaired) electrons. The highest BCUT2D eigenvalue weighted by Crippen LogP contribution is 2.60. The van der Waals surface area contributed by atoms with Gasteiger partial charge in [0.15, 0.2) is 0 Å². The van der Waals surface area contributed by atoms with Crippen molar-refractivity contribution in [2.45, 2.75) is 23.0 Å². The Morgan fingerprint density at radius 2 is 1.55 bits per heavy atom. The highest BCUT2D eigenvalue weighted by atomic mass is 79.9. The van der Waals surface area contributed by atoms with Crippen molar-refractivity contribution in [2.75, 3.05) is 10.2 Å². The maximum atomic E-state index is 13.2. The predicted molar refractivity (Wildman–Crippen MR) is 129 cm³/mol. The number of fused-ring (bicyclic) bond motifs is 5. The monoisotopic (exact) mass is 574 g/mol. The first kappa shape index (κ1) is 22.3. The van der Waals surface area contributed by atoms with Crippen LogP contribution in [0.25, 0.3) is 0 Å². The molecule has 2 N–H and O–H groups in total. The van der Waals surface area contributed by atoms with Gasteiger partial charge in [-0.1, -0.05) is 37.9 Å². The predicted octanol–water partition coefficient (Wildman–Crippen LogP) is 4.23. The van der Waals surface area contributed by atoms with E-state index >= 15 is 0 Å². The molecule has 3 aliphatic rings. The van der Waals surface area contributed by atoms with Gasteiger partial charge >= 0.3 is 5.97 Å². The summed E-state index contributed by atoms with van der Waals surface area (Å²) in [5.41, 5.74) is 1.74. The number of rotatable bonds is 4. The molecule has 2 aromatic carbocycles. The van der Waals surface area contributed by atoms with E-state index < -0.39 is 11.9 Å². The fourth-order valence-corrected chi connectivity index (χ4v) is 7.38. The number of carboxylic acids is 1. The minimum atomic E-state index is -1.14. The van der Waals surface area contributed by atoms with E-state index in [1.807, 2.05) is 0 Å². The second kappa shape index (κ2) is 8.06. The van der Waals surface area contributed by atoms with E-state index in [0.717, 1.165) is 12.0 Å². The van der Waals surface area contributed by atoms with Crippen LogP contribution in [0.1, 0.15) is 32.7 Å². The average molecular weight is 576 g/mol. The number of benzene rings is 2. The van der Waals surface area contributed by atoms with Crippen molar-refractivity contribution in [2.24, 2.45) is 23.7 Å². The van der Waals surface area contributed by atoms with Gasteiger partial charge in [-0.05, 0) is 67.1 Å². The molecule has 2 bridgehead atoms. The smallest absolute Gasteiger partial charge is 0.337 e. The second-order valence-electron chi connectivity index (χ2n) is 8.87. The number of nitrogens with zero attached hydrogens (tertiary/aromatic N) is 1. The summed E-state index contributed by atoms with van der Waals surface area (Å²) < 4.78 is 0. The van der Waals surface area contributed by atoms with Crippen LogP contribution in [-0.4, -0.2) is 38.5 Å². The zero-order valence-electron chi connectivity index (χ0n) is 17.5. The van der Waals surface area contributed by atoms with Gasteiger partial charge in [0.1, 0.15) is 0 Å². The van der Waals surface area contributed by atoms with Crippen LogP contribution in [0.4, 0.5) is 11.4 Å². The molecule has 3 amide bonds. The lowest BCUT2D eigenvalue weighted by Gasteiger charge is -2.28. The Bertz CT molecular complexity index is 1170. The van der Waals surface area contributed by atoms with Gasteiger partial charge in [0.25, 0.3) is 5.91 Å². The summed E-state index contributed by atoms with van der Waals surface area (Å²) in [4.78, 5) is 52.1. The SMILES string of the molecule is Cc1ccc(C(=O)O)c(NC(=O)c2ccc(N3C(=O)[C@@H]4[C@H]5C[C@@H]([C@H](Br)[C@H]5Br)[C@H]4C3=O)cc2)c1. The molecule has 2 aliphatic carbocycles. The minimum Gasteiger partial charge on any atom is -0.478 e. The number of alkyl halides is 2. The van der Waals surface area contributed by atoms with Crippen LogP contribution >= 0.6 is 31.9 Å². The standard InChI is InChI=1S/C24H20Br2N2O5/c1-10-2-7-13(24(32)33)16(8-10)27-21(29)11-3-5-12(6-4-11)28-22(30)17-14-9-15(18(17)23(28)31)20(26)19(14)25/h2-8,14-15,17-20H,9H2,1H3,(H,27,29)(H,32,33)/t14-,15-,17-,18-,19+,20+/m1/s1. The molecule has 2 saturated carbocycles. The first-order valence-corrected chi connectivity index (χ1v) is 12.4. The molecule has 3 fully saturated rings. The third kappa shape index (κ3) is 3.44. The van der Waals surface area contributed by atoms with Gasteiger partial charge < -0.3 is 10.4 Å². The van der Waals surface area contributed by atoms with Gasteiger partial charge in [-0.2, -0.15) is 0 Å². The number of nitrogens with one attached hydrogen (secondary N) is 1. The second-order valence-corrected chi connectivity index (χ2v) is 11.0. The van der Waals surface area contributed by atoms with Gasteiger partial charge in [0.2, 0.25) is 11.8 Å². The Morgan fingerprint density at radius 1 is 0.970 bits per heavy atom. The lowest BCUT2D eigenvalue weighted by molar-refractivity contribution is -0.123. The maximum absolute atomic E-state index is 13.2. The molecule has 33 heavy (non-hydrogen) atoms. The normalized spacial score (nSPS) is 30.0. The molecule has 170 valence electrons. The van der Waals surface area contributed by atoms with Gasteiger partial charge in [-0.15, -0.1) is 0 Å². The Hall–Kier alpha value is -2.52. The lowest BCUT2D eigenvalue weighted by atomic mass is 9.81. The van der Waals surface area contributed by atoms with Crippen molar-refractivity contribution in [3.05, 3.63) is 59.2 Å². The Balaban J connectivity index is 1.36. The van der Waals surface area contributed by atoms with E-state index in [4.69, 9.17) is 0 Å². The fourth-order valence-electron chi connectivity index (χ4n) is 5.51. The van der Waals surface area contributed by atoms with E-state index in [2.05, 4.69) is 37.2 Å². The summed E-state index contributed by atoms with van der Waals surface area (Å²) in [6, 6.07) is 10.9. The molecular weight excluding hydrogens is 556 g/mol. The number of imide groups is 1. The van der Waals surface area contributed by atoms with E-state index in [0.29, 0.717) is 5.69 Å². The van der Waals surface area contributed by atoms with Gasteiger partial charge in [-0.25, -0.2) is 4.79 Å². The zero-order chi connectivity index (χ0) is 23.6. The number of carboxylic acid groups (broad SMARTS) is 1. The summed E-state index contributed by atoms with van der Waals surface area (Å²) >= 11 is 7.36. The third-order valence-corrected chi connectivity index (χ3v) is 10.2.